The van der Waals surface area contributed by atoms with E-state index in [1.165, 1.54) is 23.5 Å². The van der Waals surface area contributed by atoms with Crippen molar-refractivity contribution in [3.05, 3.63) is 48.3 Å². The number of benzene rings is 2. The minimum Gasteiger partial charge on any atom is -0.492 e. The predicted molar refractivity (Wildman–Crippen MR) is 123 cm³/mol. The van der Waals surface area contributed by atoms with Crippen molar-refractivity contribution in [3.63, 3.8) is 0 Å². The van der Waals surface area contributed by atoms with Crippen LogP contribution in [0.5, 0.6) is 11.5 Å². The zero-order chi connectivity index (χ0) is 22.2. The van der Waals surface area contributed by atoms with Crippen molar-refractivity contribution >= 4 is 32.6 Å². The van der Waals surface area contributed by atoms with Crippen LogP contribution in [0.2, 0.25) is 0 Å². The number of ether oxygens (including phenoxy) is 2. The summed E-state index contributed by atoms with van der Waals surface area (Å²) in [6, 6.07) is 11.8. The lowest BCUT2D eigenvalue weighted by Crippen LogP contribution is -2.41. The molecule has 0 saturated carbocycles. The standard InChI is InChI=1S/C23H28FN3O3S/c1-4-26(5-2)14-15-27(21(28)16-30-18-11-8-7-10-17(18)24)23-25-22-19(29-6-3)12-9-13-20(22)31-23/h7-13H,4-6,14-16H2,1-3H3. The normalized spacial score (nSPS) is 11.1. The van der Waals surface area contributed by atoms with Gasteiger partial charge in [-0.3, -0.25) is 9.69 Å². The van der Waals surface area contributed by atoms with Crippen LogP contribution in [-0.4, -0.2) is 55.2 Å². The Morgan fingerprint density at radius 2 is 1.74 bits per heavy atom. The molecule has 0 aliphatic heterocycles. The van der Waals surface area contributed by atoms with Crippen molar-refractivity contribution in [2.45, 2.75) is 20.8 Å². The predicted octanol–water partition coefficient (Wildman–Crippen LogP) is 4.59. The molecule has 6 nitrogen and oxygen atoms in total. The molecule has 0 fully saturated rings. The van der Waals surface area contributed by atoms with Crippen LogP contribution in [0.1, 0.15) is 20.8 Å². The Morgan fingerprint density at radius 3 is 2.45 bits per heavy atom. The van der Waals surface area contributed by atoms with Crippen molar-refractivity contribution in [1.82, 2.24) is 9.88 Å². The van der Waals surface area contributed by atoms with Gasteiger partial charge in [-0.2, -0.15) is 0 Å². The zero-order valence-corrected chi connectivity index (χ0v) is 19.0. The van der Waals surface area contributed by atoms with Crippen molar-refractivity contribution in [2.24, 2.45) is 0 Å². The molecule has 0 unspecified atom stereocenters. The molecule has 0 saturated heterocycles. The second-order valence-corrected chi connectivity index (χ2v) is 7.83. The highest BCUT2D eigenvalue weighted by atomic mass is 32.1. The second kappa shape index (κ2) is 11.1. The molecule has 0 N–H and O–H groups in total. The Labute approximate surface area is 186 Å². The topological polar surface area (TPSA) is 54.9 Å². The maximum Gasteiger partial charge on any atom is 0.266 e. The number of aromatic nitrogens is 1. The largest absolute Gasteiger partial charge is 0.492 e. The Kier molecular flexibility index (Phi) is 8.20. The van der Waals surface area contributed by atoms with E-state index in [2.05, 4.69) is 18.7 Å². The molecular weight excluding hydrogens is 417 g/mol. The number of amides is 1. The minimum atomic E-state index is -0.494. The van der Waals surface area contributed by atoms with E-state index in [0.717, 1.165) is 23.3 Å². The van der Waals surface area contributed by atoms with Gasteiger partial charge in [-0.15, -0.1) is 0 Å². The van der Waals surface area contributed by atoms with Crippen LogP contribution >= 0.6 is 11.3 Å². The van der Waals surface area contributed by atoms with Gasteiger partial charge in [0.05, 0.1) is 11.3 Å². The molecule has 3 aromatic rings. The van der Waals surface area contributed by atoms with Crippen molar-refractivity contribution in [1.29, 1.82) is 0 Å². The van der Waals surface area contributed by atoms with Crippen LogP contribution in [-0.2, 0) is 4.79 Å². The number of carbonyl (C=O) groups is 1. The molecule has 0 aliphatic rings. The average molecular weight is 446 g/mol. The van der Waals surface area contributed by atoms with E-state index >= 15 is 0 Å². The summed E-state index contributed by atoms with van der Waals surface area (Å²) in [5.41, 5.74) is 0.736. The first-order valence-corrected chi connectivity index (χ1v) is 11.3. The summed E-state index contributed by atoms with van der Waals surface area (Å²) >= 11 is 1.43. The lowest BCUT2D eigenvalue weighted by Gasteiger charge is -2.24. The van der Waals surface area contributed by atoms with Gasteiger partial charge in [0.15, 0.2) is 23.3 Å². The van der Waals surface area contributed by atoms with Crippen LogP contribution in [0.15, 0.2) is 42.5 Å². The highest BCUT2D eigenvalue weighted by Crippen LogP contribution is 2.34. The summed E-state index contributed by atoms with van der Waals surface area (Å²) in [6.45, 7) is 9.30. The quantitative estimate of drug-likeness (QED) is 0.432. The first-order chi connectivity index (χ1) is 15.1. The van der Waals surface area contributed by atoms with E-state index in [4.69, 9.17) is 14.5 Å². The number of likely N-dealkylation sites (N-methyl/N-ethyl adjacent to an activating group) is 1. The van der Waals surface area contributed by atoms with Crippen LogP contribution in [0.3, 0.4) is 0 Å². The molecule has 166 valence electrons. The summed E-state index contributed by atoms with van der Waals surface area (Å²) in [6.07, 6.45) is 0. The lowest BCUT2D eigenvalue weighted by atomic mass is 10.3. The number of rotatable bonds is 11. The van der Waals surface area contributed by atoms with E-state index < -0.39 is 5.82 Å². The molecule has 0 atom stereocenters. The number of halogens is 1. The van der Waals surface area contributed by atoms with Crippen LogP contribution in [0.4, 0.5) is 9.52 Å². The number of para-hydroxylation sites is 2. The van der Waals surface area contributed by atoms with E-state index in [1.807, 2.05) is 25.1 Å². The van der Waals surface area contributed by atoms with Crippen molar-refractivity contribution < 1.29 is 18.7 Å². The molecule has 3 rings (SSSR count). The second-order valence-electron chi connectivity index (χ2n) is 6.82. The SMILES string of the molecule is CCOc1cccc2sc(N(CCN(CC)CC)C(=O)COc3ccccc3F)nc12. The number of fused-ring (bicyclic) bond motifs is 1. The van der Waals surface area contributed by atoms with Gasteiger partial charge < -0.3 is 14.4 Å². The maximum atomic E-state index is 13.9. The van der Waals surface area contributed by atoms with Gasteiger partial charge in [0.1, 0.15) is 11.3 Å². The van der Waals surface area contributed by atoms with Crippen LogP contribution in [0, 0.1) is 5.82 Å². The van der Waals surface area contributed by atoms with E-state index in [9.17, 15) is 9.18 Å². The minimum absolute atomic E-state index is 0.0578. The number of nitrogens with zero attached hydrogens (tertiary/aromatic N) is 3. The number of thiazole rings is 1. The van der Waals surface area contributed by atoms with Gasteiger partial charge in [0.25, 0.3) is 5.91 Å². The summed E-state index contributed by atoms with van der Waals surface area (Å²) in [5.74, 6) is -0.0116. The van der Waals surface area contributed by atoms with Crippen LogP contribution in [0.25, 0.3) is 10.2 Å². The summed E-state index contributed by atoms with van der Waals surface area (Å²) < 4.78 is 26.0. The van der Waals surface area contributed by atoms with Gasteiger partial charge in [-0.25, -0.2) is 9.37 Å². The number of anilines is 1. The monoisotopic (exact) mass is 445 g/mol. The van der Waals surface area contributed by atoms with Gasteiger partial charge in [-0.1, -0.05) is 43.4 Å². The van der Waals surface area contributed by atoms with E-state index in [0.29, 0.717) is 30.6 Å². The Bertz CT molecular complexity index is 1010. The molecule has 1 heterocycles. The maximum absolute atomic E-state index is 13.9. The first kappa shape index (κ1) is 23.0. The third kappa shape index (κ3) is 5.71. The van der Waals surface area contributed by atoms with Gasteiger partial charge >= 0.3 is 0 Å². The summed E-state index contributed by atoms with van der Waals surface area (Å²) in [7, 11) is 0. The third-order valence-electron chi connectivity index (χ3n) is 4.92. The summed E-state index contributed by atoms with van der Waals surface area (Å²) in [4.78, 5) is 21.7. The van der Waals surface area contributed by atoms with Gasteiger partial charge in [0, 0.05) is 13.1 Å². The van der Waals surface area contributed by atoms with Crippen molar-refractivity contribution in [3.8, 4) is 11.5 Å². The lowest BCUT2D eigenvalue weighted by molar-refractivity contribution is -0.120. The molecular formula is C23H28FN3O3S. The first-order valence-electron chi connectivity index (χ1n) is 10.5. The number of carbonyl (C=O) groups excluding carboxylic acids is 1. The highest BCUT2D eigenvalue weighted by Gasteiger charge is 2.22. The number of hydrogen-bond donors (Lipinski definition) is 0. The molecule has 0 aliphatic carbocycles. The smallest absolute Gasteiger partial charge is 0.266 e. The number of hydrogen-bond acceptors (Lipinski definition) is 6. The fraction of sp³-hybridized carbons (Fsp3) is 0.391. The average Bonchev–Trinajstić information content (AvgIpc) is 3.21. The van der Waals surface area contributed by atoms with Gasteiger partial charge in [-0.05, 0) is 44.3 Å². The fourth-order valence-electron chi connectivity index (χ4n) is 3.19. The van der Waals surface area contributed by atoms with Gasteiger partial charge in [0.2, 0.25) is 0 Å². The molecule has 8 heteroatoms. The van der Waals surface area contributed by atoms with E-state index in [-0.39, 0.29) is 18.3 Å². The van der Waals surface area contributed by atoms with Crippen LogP contribution < -0.4 is 14.4 Å². The summed E-state index contributed by atoms with van der Waals surface area (Å²) in [5, 5.41) is 0.580. The molecule has 0 spiro atoms. The Hall–Kier alpha value is -2.71. The molecule has 2 aromatic carbocycles. The third-order valence-corrected chi connectivity index (χ3v) is 5.97. The molecule has 1 aromatic heterocycles. The highest BCUT2D eigenvalue weighted by molar-refractivity contribution is 7.22. The molecule has 0 bridgehead atoms. The molecule has 0 radical (unpaired) electrons. The fourth-order valence-corrected chi connectivity index (χ4v) is 4.21. The van der Waals surface area contributed by atoms with E-state index in [1.54, 1.807) is 17.0 Å². The van der Waals surface area contributed by atoms with Crippen molar-refractivity contribution in [2.75, 3.05) is 44.3 Å². The zero-order valence-electron chi connectivity index (χ0n) is 18.1. The molecule has 1 amide bonds. The molecule has 31 heavy (non-hydrogen) atoms. The Balaban J connectivity index is 1.85. The Morgan fingerprint density at radius 1 is 1.00 bits per heavy atom.